The smallest absolute Gasteiger partial charge is 0.251 e. The number of phenolic OH excluding ortho intramolecular Hbond substituents is 1. The molecule has 0 aliphatic rings. The van der Waals surface area contributed by atoms with Crippen LogP contribution in [0.5, 0.6) is 11.5 Å². The first-order chi connectivity index (χ1) is 9.19. The van der Waals surface area contributed by atoms with Crippen molar-refractivity contribution in [3.63, 3.8) is 0 Å². The number of phenols is 1. The lowest BCUT2D eigenvalue weighted by Crippen LogP contribution is -2.25. The minimum absolute atomic E-state index is 0.0542. The second-order valence-corrected chi connectivity index (χ2v) is 3.90. The molecule has 1 aromatic rings. The molecule has 0 aliphatic carbocycles. The molecule has 6 nitrogen and oxygen atoms in total. The number of rotatable bonds is 8. The van der Waals surface area contributed by atoms with Crippen molar-refractivity contribution in [2.24, 2.45) is 5.73 Å². The number of ether oxygens (including phenoxy) is 2. The van der Waals surface area contributed by atoms with Crippen LogP contribution in [0, 0.1) is 0 Å². The number of hydrogen-bond donors (Lipinski definition) is 3. The highest BCUT2D eigenvalue weighted by Crippen LogP contribution is 2.25. The third kappa shape index (κ3) is 5.15. The van der Waals surface area contributed by atoms with Gasteiger partial charge in [0, 0.05) is 25.3 Å². The highest BCUT2D eigenvalue weighted by molar-refractivity contribution is 5.94. The molecule has 4 N–H and O–H groups in total. The number of carbonyl (C=O) groups excluding carboxylic acids is 1. The number of hydrogen-bond acceptors (Lipinski definition) is 5. The Kier molecular flexibility index (Phi) is 6.70. The first-order valence-electron chi connectivity index (χ1n) is 6.12. The molecule has 0 bridgehead atoms. The lowest BCUT2D eigenvalue weighted by atomic mass is 10.2. The average Bonchev–Trinajstić information content (AvgIpc) is 2.42. The summed E-state index contributed by atoms with van der Waals surface area (Å²) in [5, 5.41) is 12.3. The summed E-state index contributed by atoms with van der Waals surface area (Å²) in [5.74, 6) is 0.0462. The van der Waals surface area contributed by atoms with Crippen LogP contribution in [0.2, 0.25) is 0 Å². The van der Waals surface area contributed by atoms with Gasteiger partial charge in [-0.2, -0.15) is 0 Å². The zero-order valence-electron chi connectivity index (χ0n) is 11.0. The zero-order valence-corrected chi connectivity index (χ0v) is 11.0. The summed E-state index contributed by atoms with van der Waals surface area (Å²) in [7, 11) is 1.45. The van der Waals surface area contributed by atoms with Gasteiger partial charge in [-0.3, -0.25) is 4.79 Å². The summed E-state index contributed by atoms with van der Waals surface area (Å²) in [6, 6.07) is 4.52. The molecular weight excluding hydrogens is 248 g/mol. The molecular formula is C13H20N2O4. The summed E-state index contributed by atoms with van der Waals surface area (Å²) in [6.45, 7) is 2.10. The number of benzene rings is 1. The van der Waals surface area contributed by atoms with E-state index in [1.54, 1.807) is 12.1 Å². The Morgan fingerprint density at radius 3 is 2.84 bits per heavy atom. The van der Waals surface area contributed by atoms with Gasteiger partial charge in [-0.05, 0) is 24.6 Å². The van der Waals surface area contributed by atoms with Crippen LogP contribution in [0.4, 0.5) is 0 Å². The van der Waals surface area contributed by atoms with E-state index in [0.29, 0.717) is 44.0 Å². The molecule has 19 heavy (non-hydrogen) atoms. The van der Waals surface area contributed by atoms with Crippen LogP contribution in [0.15, 0.2) is 18.2 Å². The van der Waals surface area contributed by atoms with Crippen molar-refractivity contribution >= 4 is 5.91 Å². The van der Waals surface area contributed by atoms with E-state index in [2.05, 4.69) is 5.32 Å². The fourth-order valence-electron chi connectivity index (χ4n) is 1.49. The van der Waals surface area contributed by atoms with Gasteiger partial charge in [0.05, 0.1) is 13.7 Å². The second kappa shape index (κ2) is 8.34. The highest BCUT2D eigenvalue weighted by Gasteiger charge is 2.08. The molecule has 106 valence electrons. The number of nitrogens with one attached hydrogen (secondary N) is 1. The van der Waals surface area contributed by atoms with Crippen molar-refractivity contribution in [1.82, 2.24) is 5.32 Å². The Morgan fingerprint density at radius 1 is 1.42 bits per heavy atom. The Labute approximate surface area is 112 Å². The molecule has 1 rings (SSSR count). The van der Waals surface area contributed by atoms with Gasteiger partial charge < -0.3 is 25.6 Å². The molecule has 0 atom stereocenters. The van der Waals surface area contributed by atoms with Crippen LogP contribution in [-0.2, 0) is 4.74 Å². The quantitative estimate of drug-likeness (QED) is 0.597. The van der Waals surface area contributed by atoms with Gasteiger partial charge in [0.1, 0.15) is 0 Å². The third-order valence-corrected chi connectivity index (χ3v) is 2.45. The molecule has 0 radical (unpaired) electrons. The van der Waals surface area contributed by atoms with Crippen LogP contribution < -0.4 is 15.8 Å². The summed E-state index contributed by atoms with van der Waals surface area (Å²) in [5.41, 5.74) is 5.67. The van der Waals surface area contributed by atoms with Gasteiger partial charge in [-0.25, -0.2) is 0 Å². The van der Waals surface area contributed by atoms with Gasteiger partial charge in [0.15, 0.2) is 11.5 Å². The highest BCUT2D eigenvalue weighted by atomic mass is 16.5. The first-order valence-corrected chi connectivity index (χ1v) is 6.12. The monoisotopic (exact) mass is 268 g/mol. The molecule has 0 fully saturated rings. The van der Waals surface area contributed by atoms with Gasteiger partial charge in [0.2, 0.25) is 0 Å². The molecule has 0 unspecified atom stereocenters. The molecule has 1 amide bonds. The minimum Gasteiger partial charge on any atom is -0.504 e. The van der Waals surface area contributed by atoms with Crippen LogP contribution in [0.1, 0.15) is 16.8 Å². The van der Waals surface area contributed by atoms with Crippen molar-refractivity contribution in [2.75, 3.05) is 33.4 Å². The lowest BCUT2D eigenvalue weighted by Gasteiger charge is -2.08. The molecule has 0 aromatic heterocycles. The topological polar surface area (TPSA) is 93.8 Å². The fraction of sp³-hybridized carbons (Fsp3) is 0.462. The molecule has 0 saturated heterocycles. The van der Waals surface area contributed by atoms with E-state index in [1.165, 1.54) is 13.2 Å². The average molecular weight is 268 g/mol. The number of amides is 1. The summed E-state index contributed by atoms with van der Waals surface area (Å²) >= 11 is 0. The van der Waals surface area contributed by atoms with Gasteiger partial charge in [-0.15, -0.1) is 0 Å². The Bertz CT molecular complexity index is 410. The number of aromatic hydroxyl groups is 1. The summed E-state index contributed by atoms with van der Waals surface area (Å²) < 4.78 is 10.1. The van der Waals surface area contributed by atoms with Crippen molar-refractivity contribution in [3.05, 3.63) is 23.8 Å². The Balaban J connectivity index is 2.35. The van der Waals surface area contributed by atoms with Crippen LogP contribution in [0.25, 0.3) is 0 Å². The largest absolute Gasteiger partial charge is 0.504 e. The maximum absolute atomic E-state index is 11.8. The number of carbonyl (C=O) groups is 1. The number of nitrogens with two attached hydrogens (primary N) is 1. The molecule has 1 aromatic carbocycles. The maximum Gasteiger partial charge on any atom is 0.251 e. The number of methoxy groups -OCH3 is 1. The first kappa shape index (κ1) is 15.3. The van der Waals surface area contributed by atoms with Gasteiger partial charge >= 0.3 is 0 Å². The predicted octanol–water partition coefficient (Wildman–Crippen LogP) is 0.496. The Morgan fingerprint density at radius 2 is 2.21 bits per heavy atom. The van der Waals surface area contributed by atoms with Crippen LogP contribution >= 0.6 is 0 Å². The molecule has 6 heteroatoms. The van der Waals surface area contributed by atoms with E-state index in [4.69, 9.17) is 15.2 Å². The fourth-order valence-corrected chi connectivity index (χ4v) is 1.49. The zero-order chi connectivity index (χ0) is 14.1. The SMILES string of the molecule is COc1ccc(C(=O)NCCCOCCN)cc1O. The van der Waals surface area contributed by atoms with E-state index in [0.717, 1.165) is 0 Å². The van der Waals surface area contributed by atoms with Crippen molar-refractivity contribution in [1.29, 1.82) is 0 Å². The normalized spacial score (nSPS) is 10.2. The second-order valence-electron chi connectivity index (χ2n) is 3.90. The van der Waals surface area contributed by atoms with Crippen molar-refractivity contribution in [3.8, 4) is 11.5 Å². The molecule has 0 spiro atoms. The van der Waals surface area contributed by atoms with E-state index < -0.39 is 0 Å². The van der Waals surface area contributed by atoms with Gasteiger partial charge in [-0.1, -0.05) is 0 Å². The van der Waals surface area contributed by atoms with Crippen molar-refractivity contribution < 1.29 is 19.4 Å². The third-order valence-electron chi connectivity index (χ3n) is 2.45. The minimum atomic E-state index is -0.239. The predicted molar refractivity (Wildman–Crippen MR) is 71.5 cm³/mol. The van der Waals surface area contributed by atoms with E-state index in [1.807, 2.05) is 0 Å². The van der Waals surface area contributed by atoms with Crippen molar-refractivity contribution in [2.45, 2.75) is 6.42 Å². The molecule has 0 heterocycles. The van der Waals surface area contributed by atoms with E-state index in [9.17, 15) is 9.90 Å². The lowest BCUT2D eigenvalue weighted by molar-refractivity contribution is 0.0942. The van der Waals surface area contributed by atoms with Crippen LogP contribution in [0.3, 0.4) is 0 Å². The summed E-state index contributed by atoms with van der Waals surface area (Å²) in [4.78, 5) is 11.8. The van der Waals surface area contributed by atoms with E-state index >= 15 is 0 Å². The standard InChI is InChI=1S/C13H20N2O4/c1-18-12-4-3-10(9-11(12)16)13(17)15-6-2-7-19-8-5-14/h3-4,9,16H,2,5-8,14H2,1H3,(H,15,17). The van der Waals surface area contributed by atoms with Crippen LogP contribution in [-0.4, -0.2) is 44.4 Å². The molecule has 0 aliphatic heterocycles. The van der Waals surface area contributed by atoms with Gasteiger partial charge in [0.25, 0.3) is 5.91 Å². The Hall–Kier alpha value is -1.79. The van der Waals surface area contributed by atoms with E-state index in [-0.39, 0.29) is 11.7 Å². The molecule has 0 saturated carbocycles. The summed E-state index contributed by atoms with van der Waals surface area (Å²) in [6.07, 6.45) is 0.716. The maximum atomic E-state index is 11.8.